The quantitative estimate of drug-likeness (QED) is 0.813. The Labute approximate surface area is 100 Å². The molecule has 0 aliphatic heterocycles. The molecule has 0 bridgehead atoms. The van der Waals surface area contributed by atoms with E-state index in [0.717, 1.165) is 17.7 Å². The molecule has 0 saturated heterocycles. The largest absolute Gasteiger partial charge is 0.267 e. The first kappa shape index (κ1) is 11.0. The zero-order valence-electron chi connectivity index (χ0n) is 9.23. The third kappa shape index (κ3) is 2.55. The second kappa shape index (κ2) is 5.03. The Morgan fingerprint density at radius 1 is 1.12 bits per heavy atom. The summed E-state index contributed by atoms with van der Waals surface area (Å²) in [5.41, 5.74) is 3.41. The van der Waals surface area contributed by atoms with Crippen molar-refractivity contribution in [1.29, 1.82) is 0 Å². The number of nitrogens with zero attached hydrogens (tertiary/aromatic N) is 1. The Hall–Kier alpha value is -1.48. The molecule has 1 N–H and O–H groups in total. The van der Waals surface area contributed by atoms with Crippen LogP contribution in [-0.2, 0) is 6.42 Å². The molecule has 0 atom stereocenters. The molecule has 1 aromatic carbocycles. The van der Waals surface area contributed by atoms with Crippen LogP contribution in [0.2, 0.25) is 0 Å². The summed E-state index contributed by atoms with van der Waals surface area (Å²) in [5, 5.41) is 7.00. The van der Waals surface area contributed by atoms with Crippen LogP contribution >= 0.6 is 12.2 Å². The molecule has 0 aliphatic rings. The van der Waals surface area contributed by atoms with Gasteiger partial charge in [0.25, 0.3) is 0 Å². The molecule has 0 amide bonds. The molecule has 0 aliphatic carbocycles. The Morgan fingerprint density at radius 3 is 2.44 bits per heavy atom. The van der Waals surface area contributed by atoms with Gasteiger partial charge in [-0.15, -0.1) is 0 Å². The molecule has 2 aromatic rings. The molecule has 0 radical (unpaired) electrons. The lowest BCUT2D eigenvalue weighted by Crippen LogP contribution is -1.88. The van der Waals surface area contributed by atoms with Gasteiger partial charge in [0.15, 0.2) is 0 Å². The van der Waals surface area contributed by atoms with Crippen LogP contribution in [-0.4, -0.2) is 10.2 Å². The minimum Gasteiger partial charge on any atom is -0.267 e. The lowest BCUT2D eigenvalue weighted by atomic mass is 10.1. The second-order valence-electron chi connectivity index (χ2n) is 3.75. The van der Waals surface area contributed by atoms with E-state index in [4.69, 9.17) is 12.2 Å². The van der Waals surface area contributed by atoms with Gasteiger partial charge < -0.3 is 0 Å². The molecular weight excluding hydrogens is 216 g/mol. The predicted molar refractivity (Wildman–Crippen MR) is 68.9 cm³/mol. The van der Waals surface area contributed by atoms with Crippen LogP contribution in [0.4, 0.5) is 0 Å². The van der Waals surface area contributed by atoms with E-state index in [9.17, 15) is 0 Å². The third-order valence-corrected chi connectivity index (χ3v) is 2.69. The standard InChI is InChI=1S/C13H14N2S/c1-2-3-10-4-6-11(7-5-10)12-8-9-13(16)15-14-12/h4-9H,2-3H2,1H3,(H,15,16). The van der Waals surface area contributed by atoms with Gasteiger partial charge in [0.05, 0.1) is 5.69 Å². The summed E-state index contributed by atoms with van der Waals surface area (Å²) in [5.74, 6) is 0. The van der Waals surface area contributed by atoms with E-state index in [0.29, 0.717) is 4.64 Å². The van der Waals surface area contributed by atoms with Crippen LogP contribution in [0.5, 0.6) is 0 Å². The molecule has 16 heavy (non-hydrogen) atoms. The van der Waals surface area contributed by atoms with Gasteiger partial charge >= 0.3 is 0 Å². The number of nitrogens with one attached hydrogen (secondary N) is 1. The van der Waals surface area contributed by atoms with E-state index >= 15 is 0 Å². The maximum absolute atomic E-state index is 4.96. The monoisotopic (exact) mass is 230 g/mol. The minimum absolute atomic E-state index is 0.659. The van der Waals surface area contributed by atoms with Crippen LogP contribution in [0.3, 0.4) is 0 Å². The fourth-order valence-electron chi connectivity index (χ4n) is 1.64. The third-order valence-electron chi connectivity index (χ3n) is 2.47. The molecular formula is C13H14N2S. The van der Waals surface area contributed by atoms with Gasteiger partial charge in [0, 0.05) is 5.56 Å². The molecule has 0 spiro atoms. The van der Waals surface area contributed by atoms with Crippen molar-refractivity contribution < 1.29 is 0 Å². The van der Waals surface area contributed by atoms with E-state index in [1.54, 1.807) is 0 Å². The first-order valence-corrected chi connectivity index (χ1v) is 5.85. The zero-order valence-corrected chi connectivity index (χ0v) is 10.1. The van der Waals surface area contributed by atoms with Crippen LogP contribution in [0, 0.1) is 4.64 Å². The number of rotatable bonds is 3. The summed E-state index contributed by atoms with van der Waals surface area (Å²) in [7, 11) is 0. The maximum Gasteiger partial charge on any atom is 0.119 e. The lowest BCUT2D eigenvalue weighted by molar-refractivity contribution is 0.922. The first-order chi connectivity index (χ1) is 7.79. The SMILES string of the molecule is CCCc1ccc(-c2ccc(=S)[nH]n2)cc1. The molecule has 2 nitrogen and oxygen atoms in total. The molecule has 0 unspecified atom stereocenters. The van der Waals surface area contributed by atoms with Crippen molar-refractivity contribution in [1.82, 2.24) is 10.2 Å². The summed E-state index contributed by atoms with van der Waals surface area (Å²) in [6, 6.07) is 12.3. The Bertz CT molecular complexity index is 494. The van der Waals surface area contributed by atoms with Crippen molar-refractivity contribution in [3.8, 4) is 11.3 Å². The number of H-pyrrole nitrogens is 1. The van der Waals surface area contributed by atoms with Crippen molar-refractivity contribution in [3.63, 3.8) is 0 Å². The number of aryl methyl sites for hydroxylation is 1. The average Bonchev–Trinajstić information content (AvgIpc) is 2.32. The highest BCUT2D eigenvalue weighted by Gasteiger charge is 1.98. The van der Waals surface area contributed by atoms with E-state index < -0.39 is 0 Å². The van der Waals surface area contributed by atoms with Crippen molar-refractivity contribution in [2.75, 3.05) is 0 Å². The molecule has 82 valence electrons. The van der Waals surface area contributed by atoms with Gasteiger partial charge in [-0.2, -0.15) is 5.10 Å². The Morgan fingerprint density at radius 2 is 1.88 bits per heavy atom. The van der Waals surface area contributed by atoms with Gasteiger partial charge in [0.2, 0.25) is 0 Å². The van der Waals surface area contributed by atoms with Crippen LogP contribution < -0.4 is 0 Å². The number of benzene rings is 1. The number of aromatic amines is 1. The van der Waals surface area contributed by atoms with E-state index in [2.05, 4.69) is 41.4 Å². The molecule has 0 fully saturated rings. The Balaban J connectivity index is 2.27. The smallest absolute Gasteiger partial charge is 0.119 e. The van der Waals surface area contributed by atoms with E-state index in [1.165, 1.54) is 12.0 Å². The second-order valence-corrected chi connectivity index (χ2v) is 4.19. The van der Waals surface area contributed by atoms with Crippen molar-refractivity contribution in [3.05, 3.63) is 46.6 Å². The first-order valence-electron chi connectivity index (χ1n) is 5.44. The van der Waals surface area contributed by atoms with Crippen LogP contribution in [0.1, 0.15) is 18.9 Å². The van der Waals surface area contributed by atoms with Gasteiger partial charge in [-0.1, -0.05) is 49.8 Å². The summed E-state index contributed by atoms with van der Waals surface area (Å²) in [4.78, 5) is 0. The van der Waals surface area contributed by atoms with Crippen LogP contribution in [0.25, 0.3) is 11.3 Å². The summed E-state index contributed by atoms with van der Waals surface area (Å²) < 4.78 is 0.659. The van der Waals surface area contributed by atoms with Crippen LogP contribution in [0.15, 0.2) is 36.4 Å². The highest BCUT2D eigenvalue weighted by molar-refractivity contribution is 7.71. The van der Waals surface area contributed by atoms with Gasteiger partial charge in [-0.05, 0) is 24.1 Å². The van der Waals surface area contributed by atoms with Gasteiger partial charge in [0.1, 0.15) is 4.64 Å². The normalized spacial score (nSPS) is 10.3. The van der Waals surface area contributed by atoms with Gasteiger partial charge in [-0.25, -0.2) is 0 Å². The molecule has 1 heterocycles. The van der Waals surface area contributed by atoms with Gasteiger partial charge in [-0.3, -0.25) is 5.10 Å². The minimum atomic E-state index is 0.659. The summed E-state index contributed by atoms with van der Waals surface area (Å²) in [6.07, 6.45) is 2.31. The fourth-order valence-corrected chi connectivity index (χ4v) is 1.75. The van der Waals surface area contributed by atoms with Crippen molar-refractivity contribution in [2.24, 2.45) is 0 Å². The number of aromatic nitrogens is 2. The van der Waals surface area contributed by atoms with E-state index in [1.807, 2.05) is 12.1 Å². The van der Waals surface area contributed by atoms with Crippen molar-refractivity contribution >= 4 is 12.2 Å². The zero-order chi connectivity index (χ0) is 11.4. The van der Waals surface area contributed by atoms with Crippen molar-refractivity contribution in [2.45, 2.75) is 19.8 Å². The topological polar surface area (TPSA) is 28.7 Å². The molecule has 1 aromatic heterocycles. The number of hydrogen-bond acceptors (Lipinski definition) is 2. The average molecular weight is 230 g/mol. The number of hydrogen-bond donors (Lipinski definition) is 1. The highest BCUT2D eigenvalue weighted by atomic mass is 32.1. The predicted octanol–water partition coefficient (Wildman–Crippen LogP) is 3.76. The maximum atomic E-state index is 4.96. The highest BCUT2D eigenvalue weighted by Crippen LogP contribution is 2.16. The van der Waals surface area contributed by atoms with E-state index in [-0.39, 0.29) is 0 Å². The summed E-state index contributed by atoms with van der Waals surface area (Å²) in [6.45, 7) is 2.19. The molecule has 0 saturated carbocycles. The lowest BCUT2D eigenvalue weighted by Gasteiger charge is -2.02. The molecule has 2 rings (SSSR count). The molecule has 3 heteroatoms. The fraction of sp³-hybridized carbons (Fsp3) is 0.231. The summed E-state index contributed by atoms with van der Waals surface area (Å²) >= 11 is 4.96. The Kier molecular flexibility index (Phi) is 3.47.